The molecule has 0 aliphatic rings. The molecular weight excluding hydrogens is 232 g/mol. The molecule has 0 radical (unpaired) electrons. The number of hydrogen-bond donors (Lipinski definition) is 2. The molecule has 1 aromatic carbocycles. The molecular formula is C13H16N2OS. The Kier molecular flexibility index (Phi) is 4.12. The molecule has 1 heterocycles. The van der Waals surface area contributed by atoms with Gasteiger partial charge in [-0.1, -0.05) is 18.2 Å². The molecule has 0 aliphatic carbocycles. The van der Waals surface area contributed by atoms with Crippen molar-refractivity contribution in [2.24, 2.45) is 0 Å². The number of benzene rings is 1. The van der Waals surface area contributed by atoms with Crippen LogP contribution in [0.1, 0.15) is 12.8 Å². The third-order valence-electron chi connectivity index (χ3n) is 2.59. The number of anilines is 1. The fraction of sp³-hybridized carbons (Fsp3) is 0.308. The van der Waals surface area contributed by atoms with Gasteiger partial charge in [0.1, 0.15) is 0 Å². The van der Waals surface area contributed by atoms with Crippen LogP contribution >= 0.6 is 11.3 Å². The Bertz CT molecular complexity index is 507. The van der Waals surface area contributed by atoms with Crippen LogP contribution in [-0.4, -0.2) is 19.5 Å². The zero-order valence-electron chi connectivity index (χ0n) is 9.82. The first-order valence-electron chi connectivity index (χ1n) is 5.72. The SMILES string of the molecule is CNCCCC(=O)Nc1csc2ccccc12. The van der Waals surface area contributed by atoms with E-state index in [1.165, 1.54) is 4.70 Å². The Morgan fingerprint density at radius 1 is 1.35 bits per heavy atom. The largest absolute Gasteiger partial charge is 0.325 e. The summed E-state index contributed by atoms with van der Waals surface area (Å²) in [6, 6.07) is 8.11. The van der Waals surface area contributed by atoms with E-state index in [0.717, 1.165) is 24.0 Å². The summed E-state index contributed by atoms with van der Waals surface area (Å²) in [6.07, 6.45) is 1.43. The lowest BCUT2D eigenvalue weighted by Gasteiger charge is -2.03. The molecule has 2 N–H and O–H groups in total. The average molecular weight is 248 g/mol. The quantitative estimate of drug-likeness (QED) is 0.799. The molecule has 0 atom stereocenters. The second kappa shape index (κ2) is 5.80. The lowest BCUT2D eigenvalue weighted by molar-refractivity contribution is -0.116. The molecule has 0 aliphatic heterocycles. The van der Waals surface area contributed by atoms with Crippen molar-refractivity contribution in [3.05, 3.63) is 29.6 Å². The average Bonchev–Trinajstić information content (AvgIpc) is 2.73. The van der Waals surface area contributed by atoms with E-state index in [0.29, 0.717) is 6.42 Å². The minimum atomic E-state index is 0.0869. The highest BCUT2D eigenvalue weighted by molar-refractivity contribution is 7.17. The van der Waals surface area contributed by atoms with Crippen molar-refractivity contribution >= 4 is 33.0 Å². The topological polar surface area (TPSA) is 41.1 Å². The molecule has 0 saturated carbocycles. The first-order chi connectivity index (χ1) is 8.31. The summed E-state index contributed by atoms with van der Waals surface area (Å²) in [7, 11) is 1.89. The number of rotatable bonds is 5. The summed E-state index contributed by atoms with van der Waals surface area (Å²) in [4.78, 5) is 11.7. The third kappa shape index (κ3) is 3.05. The van der Waals surface area contributed by atoms with Crippen molar-refractivity contribution in [3.63, 3.8) is 0 Å². The van der Waals surface area contributed by atoms with E-state index in [4.69, 9.17) is 0 Å². The first kappa shape index (κ1) is 12.1. The van der Waals surface area contributed by atoms with Gasteiger partial charge in [0.15, 0.2) is 0 Å². The van der Waals surface area contributed by atoms with Gasteiger partial charge in [-0.05, 0) is 26.1 Å². The molecule has 1 aromatic heterocycles. The molecule has 2 aromatic rings. The summed E-state index contributed by atoms with van der Waals surface area (Å²) in [5.41, 5.74) is 0.931. The second-order valence-electron chi connectivity index (χ2n) is 3.90. The van der Waals surface area contributed by atoms with E-state index in [1.807, 2.05) is 30.6 Å². The van der Waals surface area contributed by atoms with Crippen LogP contribution in [0.5, 0.6) is 0 Å². The zero-order valence-corrected chi connectivity index (χ0v) is 10.6. The van der Waals surface area contributed by atoms with E-state index in [2.05, 4.69) is 16.7 Å². The molecule has 2 rings (SSSR count). The maximum atomic E-state index is 11.7. The highest BCUT2D eigenvalue weighted by atomic mass is 32.1. The van der Waals surface area contributed by atoms with Gasteiger partial charge in [-0.15, -0.1) is 11.3 Å². The normalized spacial score (nSPS) is 10.6. The maximum Gasteiger partial charge on any atom is 0.224 e. The molecule has 0 unspecified atom stereocenters. The van der Waals surface area contributed by atoms with Crippen LogP contribution < -0.4 is 10.6 Å². The number of thiophene rings is 1. The van der Waals surface area contributed by atoms with E-state index in [-0.39, 0.29) is 5.91 Å². The number of hydrogen-bond acceptors (Lipinski definition) is 3. The van der Waals surface area contributed by atoms with Crippen LogP contribution in [0.2, 0.25) is 0 Å². The molecule has 17 heavy (non-hydrogen) atoms. The van der Waals surface area contributed by atoms with Crippen molar-refractivity contribution < 1.29 is 4.79 Å². The van der Waals surface area contributed by atoms with Gasteiger partial charge in [-0.2, -0.15) is 0 Å². The molecule has 0 bridgehead atoms. The van der Waals surface area contributed by atoms with Crippen LogP contribution in [0.15, 0.2) is 29.6 Å². The fourth-order valence-electron chi connectivity index (χ4n) is 1.71. The van der Waals surface area contributed by atoms with Gasteiger partial charge in [0.05, 0.1) is 5.69 Å². The molecule has 0 fully saturated rings. The van der Waals surface area contributed by atoms with E-state index in [1.54, 1.807) is 11.3 Å². The van der Waals surface area contributed by atoms with Crippen molar-refractivity contribution in [1.29, 1.82) is 0 Å². The lowest BCUT2D eigenvalue weighted by Crippen LogP contribution is -2.14. The summed E-state index contributed by atoms with van der Waals surface area (Å²) in [5.74, 6) is 0.0869. The van der Waals surface area contributed by atoms with Gasteiger partial charge in [-0.25, -0.2) is 0 Å². The minimum Gasteiger partial charge on any atom is -0.325 e. The Labute approximate surface area is 105 Å². The van der Waals surface area contributed by atoms with Crippen molar-refractivity contribution in [2.45, 2.75) is 12.8 Å². The van der Waals surface area contributed by atoms with Crippen LogP contribution in [-0.2, 0) is 4.79 Å². The number of carbonyl (C=O) groups is 1. The van der Waals surface area contributed by atoms with Gasteiger partial charge in [0.25, 0.3) is 0 Å². The molecule has 0 saturated heterocycles. The molecule has 3 nitrogen and oxygen atoms in total. The van der Waals surface area contributed by atoms with Crippen molar-refractivity contribution in [3.8, 4) is 0 Å². The van der Waals surface area contributed by atoms with Crippen molar-refractivity contribution in [1.82, 2.24) is 5.32 Å². The van der Waals surface area contributed by atoms with Crippen molar-refractivity contribution in [2.75, 3.05) is 18.9 Å². The lowest BCUT2D eigenvalue weighted by atomic mass is 10.2. The number of carbonyl (C=O) groups excluding carboxylic acids is 1. The number of fused-ring (bicyclic) bond motifs is 1. The van der Waals surface area contributed by atoms with Gasteiger partial charge in [0, 0.05) is 21.9 Å². The smallest absolute Gasteiger partial charge is 0.224 e. The molecule has 1 amide bonds. The van der Waals surface area contributed by atoms with Crippen LogP contribution in [0.4, 0.5) is 5.69 Å². The summed E-state index contributed by atoms with van der Waals surface area (Å²) >= 11 is 1.66. The summed E-state index contributed by atoms with van der Waals surface area (Å²) in [5, 5.41) is 9.13. The van der Waals surface area contributed by atoms with Crippen LogP contribution in [0.25, 0.3) is 10.1 Å². The monoisotopic (exact) mass is 248 g/mol. The third-order valence-corrected chi connectivity index (χ3v) is 3.55. The number of amides is 1. The molecule has 90 valence electrons. The van der Waals surface area contributed by atoms with E-state index < -0.39 is 0 Å². The predicted octanol–water partition coefficient (Wildman–Crippen LogP) is 2.84. The fourth-order valence-corrected chi connectivity index (χ4v) is 2.61. The highest BCUT2D eigenvalue weighted by Crippen LogP contribution is 2.29. The Morgan fingerprint density at radius 3 is 3.00 bits per heavy atom. The zero-order chi connectivity index (χ0) is 12.1. The van der Waals surface area contributed by atoms with Gasteiger partial charge >= 0.3 is 0 Å². The molecule has 4 heteroatoms. The highest BCUT2D eigenvalue weighted by Gasteiger charge is 2.06. The van der Waals surface area contributed by atoms with Gasteiger partial charge in [-0.3, -0.25) is 4.79 Å². The standard InChI is InChI=1S/C13H16N2OS/c1-14-8-4-7-13(16)15-11-9-17-12-6-3-2-5-10(11)12/h2-3,5-6,9,14H,4,7-8H2,1H3,(H,15,16). The number of nitrogens with one attached hydrogen (secondary N) is 2. The summed E-state index contributed by atoms with van der Waals surface area (Å²) in [6.45, 7) is 0.873. The Hall–Kier alpha value is -1.39. The van der Waals surface area contributed by atoms with E-state index in [9.17, 15) is 4.79 Å². The first-order valence-corrected chi connectivity index (χ1v) is 6.60. The Balaban J connectivity index is 2.01. The second-order valence-corrected chi connectivity index (χ2v) is 4.81. The Morgan fingerprint density at radius 2 is 2.18 bits per heavy atom. The van der Waals surface area contributed by atoms with E-state index >= 15 is 0 Å². The van der Waals surface area contributed by atoms with Gasteiger partial charge < -0.3 is 10.6 Å². The van der Waals surface area contributed by atoms with Crippen LogP contribution in [0, 0.1) is 0 Å². The maximum absolute atomic E-state index is 11.7. The predicted molar refractivity (Wildman–Crippen MR) is 73.6 cm³/mol. The molecule has 0 spiro atoms. The minimum absolute atomic E-state index is 0.0869. The summed E-state index contributed by atoms with van der Waals surface area (Å²) < 4.78 is 1.21. The van der Waals surface area contributed by atoms with Crippen LogP contribution in [0.3, 0.4) is 0 Å². The van der Waals surface area contributed by atoms with Gasteiger partial charge in [0.2, 0.25) is 5.91 Å².